The molecule has 0 N–H and O–H groups in total. The summed E-state index contributed by atoms with van der Waals surface area (Å²) in [4.78, 5) is 9.81. The van der Waals surface area contributed by atoms with E-state index in [0.29, 0.717) is 11.5 Å². The molecule has 0 unspecified atom stereocenters. The molecule has 0 amide bonds. The number of amidine groups is 1. The van der Waals surface area contributed by atoms with E-state index in [-0.39, 0.29) is 0 Å². The van der Waals surface area contributed by atoms with E-state index in [0.717, 1.165) is 33.3 Å². The van der Waals surface area contributed by atoms with Gasteiger partial charge in [0.15, 0.2) is 5.84 Å². The number of halogens is 1. The van der Waals surface area contributed by atoms with E-state index in [1.807, 2.05) is 67.6 Å². The Labute approximate surface area is 192 Å². The van der Waals surface area contributed by atoms with Crippen molar-refractivity contribution in [3.05, 3.63) is 124 Å². The van der Waals surface area contributed by atoms with Gasteiger partial charge in [0.05, 0.1) is 5.70 Å². The predicted octanol–water partition coefficient (Wildman–Crippen LogP) is 7.81. The predicted molar refractivity (Wildman–Crippen MR) is 137 cm³/mol. The molecule has 152 valence electrons. The van der Waals surface area contributed by atoms with E-state index in [9.17, 15) is 0 Å². The monoisotopic (exact) mass is 466 g/mol. The van der Waals surface area contributed by atoms with Gasteiger partial charge in [-0.15, -0.1) is 0 Å². The minimum absolute atomic E-state index is 0.650. The molecule has 3 aromatic carbocycles. The van der Waals surface area contributed by atoms with Crippen molar-refractivity contribution in [1.82, 2.24) is 0 Å². The van der Waals surface area contributed by atoms with Gasteiger partial charge in [-0.3, -0.25) is 0 Å². The number of aliphatic imine (C=N–C) groups is 2. The van der Waals surface area contributed by atoms with E-state index in [2.05, 4.69) is 58.9 Å². The van der Waals surface area contributed by atoms with Crippen LogP contribution in [0.2, 0.25) is 0 Å². The standard InChI is InChI=1S/C28H23BrN2/c1-20(22-12-6-3-7-13-22)30-28(23-14-8-4-9-15-23)31-21(2)24-18-19-27(29)26-17-11-5-10-16-25(24)26/h3-4,6-19H,1,5H2,2H3/b30-28-,31-21+. The van der Waals surface area contributed by atoms with Gasteiger partial charge in [-0.25, -0.2) is 9.98 Å². The molecule has 0 aromatic heterocycles. The van der Waals surface area contributed by atoms with Crippen molar-refractivity contribution >= 4 is 45.3 Å². The lowest BCUT2D eigenvalue weighted by molar-refractivity contribution is 1.43. The number of hydrogen-bond donors (Lipinski definition) is 0. The summed E-state index contributed by atoms with van der Waals surface area (Å²) in [5.74, 6) is 0.650. The second kappa shape index (κ2) is 9.67. The van der Waals surface area contributed by atoms with Gasteiger partial charge in [0.1, 0.15) is 0 Å². The Balaban J connectivity index is 1.81. The van der Waals surface area contributed by atoms with E-state index in [4.69, 9.17) is 9.98 Å². The average Bonchev–Trinajstić information content (AvgIpc) is 3.07. The van der Waals surface area contributed by atoms with Crippen LogP contribution in [-0.4, -0.2) is 11.5 Å². The van der Waals surface area contributed by atoms with E-state index in [1.165, 1.54) is 11.1 Å². The average molecular weight is 467 g/mol. The fourth-order valence-corrected chi connectivity index (χ4v) is 3.99. The summed E-state index contributed by atoms with van der Waals surface area (Å²) in [6, 6.07) is 24.2. The highest BCUT2D eigenvalue weighted by molar-refractivity contribution is 9.10. The number of rotatable bonds is 4. The van der Waals surface area contributed by atoms with Crippen LogP contribution in [0.25, 0.3) is 17.8 Å². The molecule has 1 aliphatic carbocycles. The van der Waals surface area contributed by atoms with Gasteiger partial charge in [-0.2, -0.15) is 0 Å². The van der Waals surface area contributed by atoms with E-state index < -0.39 is 0 Å². The molecule has 1 aliphatic rings. The van der Waals surface area contributed by atoms with Gasteiger partial charge in [-0.05, 0) is 36.1 Å². The second-order valence-corrected chi connectivity index (χ2v) is 8.13. The molecule has 0 fully saturated rings. The summed E-state index contributed by atoms with van der Waals surface area (Å²) < 4.78 is 1.08. The summed E-state index contributed by atoms with van der Waals surface area (Å²) in [6.07, 6.45) is 9.61. The highest BCUT2D eigenvalue weighted by atomic mass is 79.9. The van der Waals surface area contributed by atoms with Crippen LogP contribution in [-0.2, 0) is 0 Å². The Morgan fingerprint density at radius 1 is 0.774 bits per heavy atom. The van der Waals surface area contributed by atoms with Crippen molar-refractivity contribution < 1.29 is 0 Å². The SMILES string of the molecule is C=C(/N=C(\N=C(/C)c1ccc(Br)c2c1C=CCC=C2)c1ccccc1)c1ccccc1. The van der Waals surface area contributed by atoms with E-state index in [1.54, 1.807) is 0 Å². The quantitative estimate of drug-likeness (QED) is 0.276. The summed E-state index contributed by atoms with van der Waals surface area (Å²) in [5, 5.41) is 0. The number of benzene rings is 3. The minimum Gasteiger partial charge on any atom is -0.233 e. The van der Waals surface area contributed by atoms with Crippen molar-refractivity contribution in [2.45, 2.75) is 13.3 Å². The van der Waals surface area contributed by atoms with Crippen LogP contribution in [0.1, 0.15) is 41.2 Å². The van der Waals surface area contributed by atoms with Crippen LogP contribution in [0.5, 0.6) is 0 Å². The van der Waals surface area contributed by atoms with Crippen LogP contribution in [0, 0.1) is 0 Å². The second-order valence-electron chi connectivity index (χ2n) is 7.27. The molecule has 0 saturated carbocycles. The van der Waals surface area contributed by atoms with Crippen LogP contribution in [0.15, 0.2) is 106 Å². The molecule has 2 nitrogen and oxygen atoms in total. The van der Waals surface area contributed by atoms with Gasteiger partial charge < -0.3 is 0 Å². The number of allylic oxidation sites excluding steroid dienone is 2. The highest BCUT2D eigenvalue weighted by Gasteiger charge is 2.13. The Morgan fingerprint density at radius 3 is 2.06 bits per heavy atom. The normalized spacial score (nSPS) is 13.6. The number of nitrogens with zero attached hydrogens (tertiary/aromatic N) is 2. The first-order valence-corrected chi connectivity index (χ1v) is 11.0. The first-order chi connectivity index (χ1) is 15.1. The molecule has 0 atom stereocenters. The lowest BCUT2D eigenvalue weighted by Gasteiger charge is -2.12. The van der Waals surface area contributed by atoms with Crippen LogP contribution >= 0.6 is 15.9 Å². The number of fused-ring (bicyclic) bond motifs is 1. The smallest absolute Gasteiger partial charge is 0.160 e. The van der Waals surface area contributed by atoms with Gasteiger partial charge in [0.25, 0.3) is 0 Å². The Kier molecular flexibility index (Phi) is 6.54. The summed E-state index contributed by atoms with van der Waals surface area (Å²) in [5.41, 5.74) is 6.97. The zero-order valence-electron chi connectivity index (χ0n) is 17.4. The van der Waals surface area contributed by atoms with Gasteiger partial charge in [-0.1, -0.05) is 114 Å². The van der Waals surface area contributed by atoms with Crippen molar-refractivity contribution in [1.29, 1.82) is 0 Å². The van der Waals surface area contributed by atoms with Crippen LogP contribution in [0.3, 0.4) is 0 Å². The molecule has 0 aliphatic heterocycles. The first kappa shape index (κ1) is 21.0. The van der Waals surface area contributed by atoms with Gasteiger partial charge in [0, 0.05) is 21.3 Å². The van der Waals surface area contributed by atoms with Crippen molar-refractivity contribution in [2.24, 2.45) is 9.98 Å². The molecule has 0 bridgehead atoms. The maximum absolute atomic E-state index is 4.98. The molecule has 0 spiro atoms. The molecular formula is C28H23BrN2. The summed E-state index contributed by atoms with van der Waals surface area (Å²) in [7, 11) is 0. The fraction of sp³-hybridized carbons (Fsp3) is 0.0714. The molecule has 0 heterocycles. The lowest BCUT2D eigenvalue weighted by atomic mass is 9.98. The van der Waals surface area contributed by atoms with Crippen LogP contribution < -0.4 is 0 Å². The first-order valence-electron chi connectivity index (χ1n) is 10.2. The van der Waals surface area contributed by atoms with E-state index >= 15 is 0 Å². The molecule has 4 rings (SSSR count). The molecule has 3 aromatic rings. The van der Waals surface area contributed by atoms with Crippen molar-refractivity contribution in [3.63, 3.8) is 0 Å². The third kappa shape index (κ3) is 4.89. The molecular weight excluding hydrogens is 444 g/mol. The van der Waals surface area contributed by atoms with Crippen molar-refractivity contribution in [2.75, 3.05) is 0 Å². The Morgan fingerprint density at radius 2 is 1.39 bits per heavy atom. The summed E-state index contributed by atoms with van der Waals surface area (Å²) in [6.45, 7) is 6.22. The highest BCUT2D eigenvalue weighted by Crippen LogP contribution is 2.29. The topological polar surface area (TPSA) is 24.7 Å². The molecule has 0 radical (unpaired) electrons. The Hall–Kier alpha value is -3.30. The molecule has 0 saturated heterocycles. The zero-order chi connectivity index (χ0) is 21.6. The van der Waals surface area contributed by atoms with Gasteiger partial charge in [0.2, 0.25) is 0 Å². The minimum atomic E-state index is 0.650. The third-order valence-corrected chi connectivity index (χ3v) is 5.81. The maximum atomic E-state index is 4.98. The number of hydrogen-bond acceptors (Lipinski definition) is 1. The Bertz CT molecular complexity index is 1220. The molecule has 3 heteroatoms. The summed E-state index contributed by atoms with van der Waals surface area (Å²) >= 11 is 3.69. The largest absolute Gasteiger partial charge is 0.233 e. The third-order valence-electron chi connectivity index (χ3n) is 5.12. The lowest BCUT2D eigenvalue weighted by Crippen LogP contribution is -2.06. The maximum Gasteiger partial charge on any atom is 0.160 e. The van der Waals surface area contributed by atoms with Crippen LogP contribution in [0.4, 0.5) is 0 Å². The zero-order valence-corrected chi connectivity index (χ0v) is 19.0. The fourth-order valence-electron chi connectivity index (χ4n) is 3.51. The van der Waals surface area contributed by atoms with Crippen molar-refractivity contribution in [3.8, 4) is 0 Å². The van der Waals surface area contributed by atoms with Gasteiger partial charge >= 0.3 is 0 Å². The molecule has 31 heavy (non-hydrogen) atoms.